The van der Waals surface area contributed by atoms with Crippen LogP contribution in [-0.2, 0) is 23.7 Å². The Morgan fingerprint density at radius 2 is 1.19 bits per heavy atom. The van der Waals surface area contributed by atoms with Gasteiger partial charge in [-0.15, -0.1) is 0 Å². The van der Waals surface area contributed by atoms with Crippen LogP contribution in [0, 0.1) is 0 Å². The summed E-state index contributed by atoms with van der Waals surface area (Å²) in [5, 5.41) is 83.8. The molecule has 16 nitrogen and oxygen atoms in total. The summed E-state index contributed by atoms with van der Waals surface area (Å²) in [6, 6.07) is -3.52. The predicted molar refractivity (Wildman–Crippen MR) is 117 cm³/mol. The molecule has 15 atom stereocenters. The van der Waals surface area contributed by atoms with Crippen LogP contribution in [0.5, 0.6) is 0 Å². The summed E-state index contributed by atoms with van der Waals surface area (Å²) in [7, 11) is 0. The van der Waals surface area contributed by atoms with Gasteiger partial charge in [0.15, 0.2) is 18.9 Å². The molecule has 3 aliphatic rings. The fourth-order valence-corrected chi connectivity index (χ4v) is 4.61. The van der Waals surface area contributed by atoms with Gasteiger partial charge in [-0.2, -0.15) is 0 Å². The van der Waals surface area contributed by atoms with Crippen LogP contribution in [0.3, 0.4) is 0 Å². The maximum absolute atomic E-state index is 11.2. The van der Waals surface area contributed by atoms with E-state index in [2.05, 4.69) is 5.32 Å². The Balaban J connectivity index is 1.79. The molecule has 3 aliphatic heterocycles. The summed E-state index contributed by atoms with van der Waals surface area (Å²) in [5.41, 5.74) is 11.7. The number of aliphatic hydroxyl groups excluding tert-OH is 8. The van der Waals surface area contributed by atoms with Crippen LogP contribution < -0.4 is 16.8 Å². The van der Waals surface area contributed by atoms with Crippen molar-refractivity contribution in [2.75, 3.05) is 26.4 Å². The molecular formula is C20H39N3O13. The minimum atomic E-state index is -1.54. The molecular weight excluding hydrogens is 490 g/mol. The molecule has 0 aliphatic carbocycles. The molecule has 0 saturated carbocycles. The lowest BCUT2D eigenvalue weighted by Crippen LogP contribution is -2.70. The smallest absolute Gasteiger partial charge is 0.176 e. The maximum atomic E-state index is 11.2. The average Bonchev–Trinajstić information content (AvgIpc) is 2.87. The fraction of sp³-hybridized carbons (Fsp3) is 1.00. The fourth-order valence-electron chi connectivity index (χ4n) is 4.61. The molecule has 0 spiro atoms. The molecule has 0 aromatic heterocycles. The molecule has 36 heavy (non-hydrogen) atoms. The molecule has 3 heterocycles. The number of ether oxygens (including phenoxy) is 5. The Morgan fingerprint density at radius 1 is 0.667 bits per heavy atom. The van der Waals surface area contributed by atoms with E-state index in [0.29, 0.717) is 6.54 Å². The van der Waals surface area contributed by atoms with Gasteiger partial charge >= 0.3 is 0 Å². The van der Waals surface area contributed by atoms with E-state index in [9.17, 15) is 40.9 Å². The summed E-state index contributed by atoms with van der Waals surface area (Å²) in [6.45, 7) is 0.135. The lowest BCUT2D eigenvalue weighted by Gasteiger charge is -2.49. The van der Waals surface area contributed by atoms with Crippen molar-refractivity contribution in [3.63, 3.8) is 0 Å². The molecule has 212 valence electrons. The second-order valence-electron chi connectivity index (χ2n) is 9.10. The first-order chi connectivity index (χ1) is 17.1. The molecule has 3 fully saturated rings. The molecule has 3 saturated heterocycles. The number of rotatable bonds is 9. The Morgan fingerprint density at radius 3 is 1.78 bits per heavy atom. The van der Waals surface area contributed by atoms with Gasteiger partial charge in [-0.3, -0.25) is 0 Å². The SMILES string of the molecule is CCN[C@H]1[C@H](OC2[C@@H](CO)O[C@@H](O)[C@H](N)[C@H]2O)O[C@H](CO)C(O[C@@H]2O[C@H](CO)[C@@H](O)[C@H](O)[C@H]2N)[C@@H]1O. The van der Waals surface area contributed by atoms with Crippen LogP contribution >= 0.6 is 0 Å². The van der Waals surface area contributed by atoms with Crippen molar-refractivity contribution >= 4 is 0 Å². The van der Waals surface area contributed by atoms with Gasteiger partial charge in [0.05, 0.1) is 37.9 Å². The van der Waals surface area contributed by atoms with E-state index in [4.69, 9.17) is 35.2 Å². The monoisotopic (exact) mass is 529 g/mol. The van der Waals surface area contributed by atoms with Crippen LogP contribution in [0.25, 0.3) is 0 Å². The minimum Gasteiger partial charge on any atom is -0.394 e. The molecule has 16 heteroatoms. The summed E-state index contributed by atoms with van der Waals surface area (Å²) in [4.78, 5) is 0. The van der Waals surface area contributed by atoms with Gasteiger partial charge in [-0.1, -0.05) is 6.92 Å². The van der Waals surface area contributed by atoms with Crippen molar-refractivity contribution in [1.82, 2.24) is 5.32 Å². The molecule has 3 rings (SSSR count). The van der Waals surface area contributed by atoms with E-state index in [0.717, 1.165) is 0 Å². The van der Waals surface area contributed by atoms with Crippen molar-refractivity contribution in [2.45, 2.75) is 98.9 Å². The number of likely N-dealkylation sites (N-methyl/N-ethyl adjacent to an activating group) is 1. The van der Waals surface area contributed by atoms with Crippen molar-refractivity contribution in [2.24, 2.45) is 11.5 Å². The highest BCUT2D eigenvalue weighted by molar-refractivity contribution is 4.99. The van der Waals surface area contributed by atoms with Gasteiger partial charge in [0, 0.05) is 0 Å². The van der Waals surface area contributed by atoms with Gasteiger partial charge in [0.25, 0.3) is 0 Å². The summed E-state index contributed by atoms with van der Waals surface area (Å²) >= 11 is 0. The molecule has 0 radical (unpaired) electrons. The zero-order valence-electron chi connectivity index (χ0n) is 19.8. The first kappa shape index (κ1) is 29.9. The summed E-state index contributed by atoms with van der Waals surface area (Å²) < 4.78 is 28.2. The van der Waals surface area contributed by atoms with E-state index in [-0.39, 0.29) is 0 Å². The highest BCUT2D eigenvalue weighted by atomic mass is 16.7. The van der Waals surface area contributed by atoms with E-state index < -0.39 is 112 Å². The quantitative estimate of drug-likeness (QED) is 0.132. The van der Waals surface area contributed by atoms with Crippen molar-refractivity contribution in [3.8, 4) is 0 Å². The molecule has 0 amide bonds. The third-order valence-corrected chi connectivity index (χ3v) is 6.72. The first-order valence-electron chi connectivity index (χ1n) is 11.8. The van der Waals surface area contributed by atoms with Crippen LogP contribution in [0.2, 0.25) is 0 Å². The highest BCUT2D eigenvalue weighted by Gasteiger charge is 2.52. The van der Waals surface area contributed by atoms with Crippen molar-refractivity contribution in [1.29, 1.82) is 0 Å². The normalized spacial score (nSPS) is 50.2. The lowest BCUT2D eigenvalue weighted by atomic mass is 9.94. The third-order valence-electron chi connectivity index (χ3n) is 6.72. The topological polar surface area (TPSA) is 272 Å². The van der Waals surface area contributed by atoms with Crippen molar-refractivity contribution in [3.05, 3.63) is 0 Å². The summed E-state index contributed by atoms with van der Waals surface area (Å²) in [5.74, 6) is 0. The minimum absolute atomic E-state index is 0.323. The second kappa shape index (κ2) is 12.9. The highest BCUT2D eigenvalue weighted by Crippen LogP contribution is 2.31. The second-order valence-corrected chi connectivity index (χ2v) is 9.10. The number of aliphatic hydroxyl groups is 8. The van der Waals surface area contributed by atoms with E-state index >= 15 is 0 Å². The van der Waals surface area contributed by atoms with Crippen LogP contribution in [0.4, 0.5) is 0 Å². The first-order valence-corrected chi connectivity index (χ1v) is 11.8. The Kier molecular flexibility index (Phi) is 10.8. The average molecular weight is 530 g/mol. The predicted octanol–water partition coefficient (Wildman–Crippen LogP) is -7.02. The van der Waals surface area contributed by atoms with Gasteiger partial charge in [0.1, 0.15) is 54.9 Å². The Labute approximate surface area is 207 Å². The van der Waals surface area contributed by atoms with Gasteiger partial charge in [-0.05, 0) is 6.54 Å². The number of nitrogens with two attached hydrogens (primary N) is 2. The van der Waals surface area contributed by atoms with Crippen LogP contribution in [0.15, 0.2) is 0 Å². The molecule has 13 N–H and O–H groups in total. The van der Waals surface area contributed by atoms with E-state index in [1.54, 1.807) is 6.92 Å². The number of hydrogen-bond acceptors (Lipinski definition) is 16. The molecule has 0 aromatic carbocycles. The zero-order chi connectivity index (χ0) is 26.7. The Bertz CT molecular complexity index is 679. The van der Waals surface area contributed by atoms with Gasteiger partial charge < -0.3 is 81.3 Å². The standard InChI is InChI=1S/C20H39N3O13/c1-2-23-11-15(30)17(35-19-10(22)13(28)12(27)6(3-24)33-19)8(5-26)34-20(11)36-16-7(4-25)32-18(31)9(21)14(16)29/h6-20,23-31H,2-5,21-22H2,1H3/t6-,7-,8-,9-,10-,11-,12-,13-,14-,15-,16?,17?,18-,19+,20+/m1/s1. The van der Waals surface area contributed by atoms with E-state index in [1.165, 1.54) is 0 Å². The number of hydrogen-bond donors (Lipinski definition) is 11. The third kappa shape index (κ3) is 5.99. The molecule has 2 unspecified atom stereocenters. The van der Waals surface area contributed by atoms with Crippen molar-refractivity contribution < 1.29 is 64.5 Å². The molecule has 0 aromatic rings. The maximum Gasteiger partial charge on any atom is 0.176 e. The Hall–Kier alpha value is -0.640. The van der Waals surface area contributed by atoms with Gasteiger partial charge in [0.2, 0.25) is 0 Å². The van der Waals surface area contributed by atoms with Crippen LogP contribution in [-0.4, -0.2) is 159 Å². The molecule has 0 bridgehead atoms. The largest absolute Gasteiger partial charge is 0.394 e. The summed E-state index contributed by atoms with van der Waals surface area (Å²) in [6.07, 6.45) is -16.2. The van der Waals surface area contributed by atoms with E-state index in [1.807, 2.05) is 0 Å². The zero-order valence-corrected chi connectivity index (χ0v) is 19.8. The lowest BCUT2D eigenvalue weighted by molar-refractivity contribution is -0.350. The number of nitrogens with one attached hydrogen (secondary N) is 1. The van der Waals surface area contributed by atoms with Gasteiger partial charge in [-0.25, -0.2) is 0 Å². The van der Waals surface area contributed by atoms with Crippen LogP contribution in [0.1, 0.15) is 6.92 Å².